The zero-order chi connectivity index (χ0) is 14.8. The van der Waals surface area contributed by atoms with Crippen molar-refractivity contribution in [2.45, 2.75) is 13.0 Å². The van der Waals surface area contributed by atoms with Gasteiger partial charge in [0.1, 0.15) is 0 Å². The van der Waals surface area contributed by atoms with Gasteiger partial charge in [-0.15, -0.1) is 11.3 Å². The molecule has 0 saturated heterocycles. The van der Waals surface area contributed by atoms with E-state index >= 15 is 0 Å². The monoisotopic (exact) mass is 335 g/mol. The van der Waals surface area contributed by atoms with Gasteiger partial charge >= 0.3 is 0 Å². The first-order chi connectivity index (χ1) is 10.2. The van der Waals surface area contributed by atoms with E-state index in [-0.39, 0.29) is 6.04 Å². The van der Waals surface area contributed by atoms with Crippen LogP contribution in [0.25, 0.3) is 10.8 Å². The van der Waals surface area contributed by atoms with E-state index in [0.29, 0.717) is 0 Å². The fraction of sp³-hybridized carbons (Fsp3) is 0.176. The van der Waals surface area contributed by atoms with Crippen LogP contribution in [0.1, 0.15) is 24.1 Å². The average Bonchev–Trinajstić information content (AvgIpc) is 2.83. The van der Waals surface area contributed by atoms with Gasteiger partial charge < -0.3 is 5.32 Å². The second-order valence-electron chi connectivity index (χ2n) is 4.84. The molecular weight excluding hydrogens is 321 g/mol. The van der Waals surface area contributed by atoms with Gasteiger partial charge in [0.15, 0.2) is 0 Å². The summed E-state index contributed by atoms with van der Waals surface area (Å²) in [6.45, 7) is 2.96. The average molecular weight is 336 g/mol. The molecule has 0 saturated carbocycles. The normalized spacial score (nSPS) is 12.7. The number of nitrogens with one attached hydrogen (secondary N) is 1. The lowest BCUT2D eigenvalue weighted by molar-refractivity contribution is 0.636. The van der Waals surface area contributed by atoms with E-state index in [1.807, 2.05) is 6.07 Å². The maximum absolute atomic E-state index is 6.37. The van der Waals surface area contributed by atoms with Crippen LogP contribution in [-0.2, 0) is 0 Å². The zero-order valence-electron chi connectivity index (χ0n) is 11.6. The Balaban J connectivity index is 2.18. The first-order valence-electron chi connectivity index (χ1n) is 6.86. The third kappa shape index (κ3) is 2.95. The van der Waals surface area contributed by atoms with Crippen LogP contribution < -0.4 is 5.32 Å². The second kappa shape index (κ2) is 6.37. The van der Waals surface area contributed by atoms with E-state index < -0.39 is 0 Å². The van der Waals surface area contributed by atoms with Gasteiger partial charge in [0.2, 0.25) is 0 Å². The fourth-order valence-electron chi connectivity index (χ4n) is 2.64. The largest absolute Gasteiger partial charge is 0.306 e. The molecule has 0 aliphatic rings. The van der Waals surface area contributed by atoms with Crippen LogP contribution in [0.3, 0.4) is 0 Å². The Bertz CT molecular complexity index is 761. The minimum atomic E-state index is 0.0531. The molecule has 0 aliphatic carbocycles. The van der Waals surface area contributed by atoms with Crippen molar-refractivity contribution < 1.29 is 0 Å². The van der Waals surface area contributed by atoms with Crippen molar-refractivity contribution in [3.63, 3.8) is 0 Å². The van der Waals surface area contributed by atoms with Crippen LogP contribution in [0.5, 0.6) is 0 Å². The summed E-state index contributed by atoms with van der Waals surface area (Å²) in [5.41, 5.74) is 2.27. The Labute approximate surface area is 138 Å². The molecule has 0 radical (unpaired) electrons. The summed E-state index contributed by atoms with van der Waals surface area (Å²) in [6.07, 6.45) is 0. The van der Waals surface area contributed by atoms with Gasteiger partial charge in [-0.2, -0.15) is 0 Å². The summed E-state index contributed by atoms with van der Waals surface area (Å²) in [4.78, 5) is 0. The number of halogens is 2. The molecule has 108 valence electrons. The Morgan fingerprint density at radius 2 is 1.81 bits per heavy atom. The number of hydrogen-bond acceptors (Lipinski definition) is 2. The highest BCUT2D eigenvalue weighted by molar-refractivity contribution is 7.20. The van der Waals surface area contributed by atoms with E-state index in [1.165, 1.54) is 27.7 Å². The lowest BCUT2D eigenvalue weighted by atomic mass is 9.95. The topological polar surface area (TPSA) is 12.0 Å². The summed E-state index contributed by atoms with van der Waals surface area (Å²) in [5, 5.41) is 6.00. The Morgan fingerprint density at radius 3 is 2.52 bits per heavy atom. The summed E-state index contributed by atoms with van der Waals surface area (Å²) in [7, 11) is 0. The zero-order valence-corrected chi connectivity index (χ0v) is 13.9. The number of thiophene rings is 1. The van der Waals surface area contributed by atoms with E-state index in [2.05, 4.69) is 54.7 Å². The molecule has 21 heavy (non-hydrogen) atoms. The molecule has 2 aromatic carbocycles. The maximum atomic E-state index is 6.37. The summed E-state index contributed by atoms with van der Waals surface area (Å²) < 4.78 is 1.47. The van der Waals surface area contributed by atoms with Gasteiger partial charge in [0, 0.05) is 5.56 Å². The Hall–Kier alpha value is -1.06. The van der Waals surface area contributed by atoms with Gasteiger partial charge in [0.05, 0.1) is 14.7 Å². The van der Waals surface area contributed by atoms with Gasteiger partial charge in [-0.05, 0) is 28.9 Å². The molecule has 1 heterocycles. The van der Waals surface area contributed by atoms with Gasteiger partial charge in [-0.25, -0.2) is 0 Å². The molecule has 0 amide bonds. The van der Waals surface area contributed by atoms with Crippen LogP contribution in [0.4, 0.5) is 0 Å². The molecular formula is C17H15Cl2NS. The lowest BCUT2D eigenvalue weighted by Crippen LogP contribution is -2.22. The molecule has 1 nitrogen and oxygen atoms in total. The van der Waals surface area contributed by atoms with Crippen molar-refractivity contribution in [1.82, 2.24) is 5.32 Å². The minimum Gasteiger partial charge on any atom is -0.306 e. The molecule has 1 N–H and O–H groups in total. The van der Waals surface area contributed by atoms with Crippen LogP contribution >= 0.6 is 34.5 Å². The van der Waals surface area contributed by atoms with Crippen molar-refractivity contribution >= 4 is 45.3 Å². The molecule has 0 bridgehead atoms. The van der Waals surface area contributed by atoms with E-state index in [9.17, 15) is 0 Å². The number of benzene rings is 2. The third-order valence-electron chi connectivity index (χ3n) is 3.54. The number of hydrogen-bond donors (Lipinski definition) is 1. The predicted molar refractivity (Wildman–Crippen MR) is 93.8 cm³/mol. The predicted octanol–water partition coefficient (Wildman–Crippen LogP) is 5.91. The summed E-state index contributed by atoms with van der Waals surface area (Å²) in [5.74, 6) is 0. The minimum absolute atomic E-state index is 0.0531. The molecule has 0 aliphatic heterocycles. The second-order valence-corrected chi connectivity index (χ2v) is 7.12. The first-order valence-corrected chi connectivity index (χ1v) is 8.43. The molecule has 3 aromatic rings. The molecule has 1 aromatic heterocycles. The van der Waals surface area contributed by atoms with Crippen molar-refractivity contribution in [3.05, 3.63) is 68.3 Å². The van der Waals surface area contributed by atoms with Gasteiger partial charge in [0.25, 0.3) is 0 Å². The lowest BCUT2D eigenvalue weighted by Gasteiger charge is -2.20. The Kier molecular flexibility index (Phi) is 4.51. The van der Waals surface area contributed by atoms with Crippen LogP contribution in [-0.4, -0.2) is 6.54 Å². The van der Waals surface area contributed by atoms with Crippen LogP contribution in [0, 0.1) is 0 Å². The molecule has 0 fully saturated rings. The van der Waals surface area contributed by atoms with Crippen molar-refractivity contribution in [3.8, 4) is 0 Å². The highest BCUT2D eigenvalue weighted by atomic mass is 35.5. The quantitative estimate of drug-likeness (QED) is 0.625. The van der Waals surface area contributed by atoms with Crippen molar-refractivity contribution in [2.75, 3.05) is 6.54 Å². The highest BCUT2D eigenvalue weighted by Gasteiger charge is 2.20. The number of fused-ring (bicyclic) bond motifs is 1. The first kappa shape index (κ1) is 14.9. The smallest absolute Gasteiger partial charge is 0.0995 e. The number of rotatable bonds is 4. The van der Waals surface area contributed by atoms with Crippen molar-refractivity contribution in [2.24, 2.45) is 0 Å². The fourth-order valence-corrected chi connectivity index (χ4v) is 4.18. The van der Waals surface area contributed by atoms with Crippen LogP contribution in [0.2, 0.25) is 8.67 Å². The standard InChI is InChI=1S/C17H15Cl2NS/c1-2-20-16(14-10-15(18)21-17(14)19)13-9-5-7-11-6-3-4-8-12(11)13/h3-10,16,20H,2H2,1H3. The summed E-state index contributed by atoms with van der Waals surface area (Å²) in [6, 6.07) is 16.8. The van der Waals surface area contributed by atoms with E-state index in [1.54, 1.807) is 0 Å². The maximum Gasteiger partial charge on any atom is 0.0995 e. The van der Waals surface area contributed by atoms with Gasteiger partial charge in [-0.1, -0.05) is 72.6 Å². The molecule has 1 atom stereocenters. The molecule has 1 unspecified atom stereocenters. The van der Waals surface area contributed by atoms with Crippen LogP contribution in [0.15, 0.2) is 48.5 Å². The Morgan fingerprint density at radius 1 is 1.05 bits per heavy atom. The third-order valence-corrected chi connectivity index (χ3v) is 5.05. The molecule has 4 heteroatoms. The van der Waals surface area contributed by atoms with Gasteiger partial charge in [-0.3, -0.25) is 0 Å². The highest BCUT2D eigenvalue weighted by Crippen LogP contribution is 2.39. The molecule has 3 rings (SSSR count). The summed E-state index contributed by atoms with van der Waals surface area (Å²) >= 11 is 13.9. The SMILES string of the molecule is CCNC(c1cc(Cl)sc1Cl)c1cccc2ccccc12. The molecule has 0 spiro atoms. The van der Waals surface area contributed by atoms with E-state index in [0.717, 1.165) is 20.8 Å². The van der Waals surface area contributed by atoms with Crippen molar-refractivity contribution in [1.29, 1.82) is 0 Å². The van der Waals surface area contributed by atoms with E-state index in [4.69, 9.17) is 23.2 Å².